The number of benzene rings is 1. The summed E-state index contributed by atoms with van der Waals surface area (Å²) in [6, 6.07) is 10.9. The molecule has 0 aliphatic heterocycles. The van der Waals surface area contributed by atoms with Gasteiger partial charge in [-0.05, 0) is 29.8 Å². The lowest BCUT2D eigenvalue weighted by atomic mass is 10.1. The molecule has 1 aromatic heterocycles. The molecule has 0 saturated heterocycles. The van der Waals surface area contributed by atoms with E-state index in [0.29, 0.717) is 5.56 Å². The summed E-state index contributed by atoms with van der Waals surface area (Å²) in [5.74, 6) is -0.435. The summed E-state index contributed by atoms with van der Waals surface area (Å²) >= 11 is 3.33. The third-order valence-corrected chi connectivity index (χ3v) is 2.44. The van der Waals surface area contributed by atoms with Gasteiger partial charge in [0.25, 0.3) is 0 Å². The molecule has 0 saturated carbocycles. The molecule has 70 valence electrons. The molecule has 0 amide bonds. The van der Waals surface area contributed by atoms with Crippen LogP contribution in [-0.4, -0.2) is 4.98 Å². The van der Waals surface area contributed by atoms with E-state index in [2.05, 4.69) is 20.9 Å². The van der Waals surface area contributed by atoms with Crippen LogP contribution in [0.5, 0.6) is 0 Å². The Morgan fingerprint density at radius 3 is 2.43 bits per heavy atom. The van der Waals surface area contributed by atoms with Crippen LogP contribution in [0.4, 0.5) is 4.39 Å². The normalized spacial score (nSPS) is 10.1. The Balaban J connectivity index is 2.50. The zero-order valence-corrected chi connectivity index (χ0v) is 8.83. The molecule has 0 radical (unpaired) electrons. The molecule has 0 unspecified atom stereocenters. The van der Waals surface area contributed by atoms with Crippen LogP contribution in [0.2, 0.25) is 0 Å². The van der Waals surface area contributed by atoms with Crippen LogP contribution in [0.25, 0.3) is 11.1 Å². The predicted molar refractivity (Wildman–Crippen MR) is 57.3 cm³/mol. The van der Waals surface area contributed by atoms with E-state index in [1.807, 2.05) is 24.3 Å². The molecule has 2 aromatic rings. The number of aromatic nitrogens is 1. The molecule has 0 atom stereocenters. The number of rotatable bonds is 1. The minimum absolute atomic E-state index is 0.435. The molecule has 0 bridgehead atoms. The molecular weight excluding hydrogens is 245 g/mol. The number of nitrogens with zero attached hydrogens (tertiary/aromatic N) is 1. The van der Waals surface area contributed by atoms with Gasteiger partial charge in [-0.25, -0.2) is 4.98 Å². The monoisotopic (exact) mass is 251 g/mol. The zero-order valence-electron chi connectivity index (χ0n) is 7.24. The second-order valence-electron chi connectivity index (χ2n) is 2.85. The van der Waals surface area contributed by atoms with Gasteiger partial charge in [-0.3, -0.25) is 0 Å². The number of pyridine rings is 1. The number of hydrogen-bond acceptors (Lipinski definition) is 1. The average Bonchev–Trinajstić information content (AvgIpc) is 2.20. The van der Waals surface area contributed by atoms with E-state index in [1.165, 1.54) is 6.20 Å². The Bertz CT molecular complexity index is 439. The highest BCUT2D eigenvalue weighted by molar-refractivity contribution is 9.10. The topological polar surface area (TPSA) is 12.9 Å². The summed E-state index contributed by atoms with van der Waals surface area (Å²) in [5.41, 5.74) is 1.36. The molecule has 1 aromatic carbocycles. The highest BCUT2D eigenvalue weighted by Crippen LogP contribution is 2.22. The summed E-state index contributed by atoms with van der Waals surface area (Å²) in [6.45, 7) is 0. The van der Waals surface area contributed by atoms with Gasteiger partial charge in [0, 0.05) is 16.2 Å². The molecule has 1 heterocycles. The van der Waals surface area contributed by atoms with Gasteiger partial charge < -0.3 is 0 Å². The predicted octanol–water partition coefficient (Wildman–Crippen LogP) is 3.65. The van der Waals surface area contributed by atoms with E-state index in [4.69, 9.17) is 0 Å². The van der Waals surface area contributed by atoms with Crippen LogP contribution >= 0.6 is 15.9 Å². The Hall–Kier alpha value is -1.22. The maximum absolute atomic E-state index is 13.3. The lowest BCUT2D eigenvalue weighted by Crippen LogP contribution is -1.86. The van der Waals surface area contributed by atoms with E-state index in [9.17, 15) is 4.39 Å². The van der Waals surface area contributed by atoms with Crippen molar-refractivity contribution in [3.63, 3.8) is 0 Å². The fraction of sp³-hybridized carbons (Fsp3) is 0. The van der Waals surface area contributed by atoms with E-state index >= 15 is 0 Å². The van der Waals surface area contributed by atoms with Gasteiger partial charge in [0.2, 0.25) is 5.95 Å². The molecule has 0 aliphatic carbocycles. The first kappa shape index (κ1) is 9.34. The number of hydrogen-bond donors (Lipinski definition) is 0. The Morgan fingerprint density at radius 2 is 1.79 bits per heavy atom. The first-order valence-electron chi connectivity index (χ1n) is 4.14. The van der Waals surface area contributed by atoms with Crippen molar-refractivity contribution >= 4 is 15.9 Å². The van der Waals surface area contributed by atoms with Crippen LogP contribution in [-0.2, 0) is 0 Å². The third-order valence-electron chi connectivity index (χ3n) is 1.91. The largest absolute Gasteiger partial charge is 0.228 e. The quantitative estimate of drug-likeness (QED) is 0.706. The van der Waals surface area contributed by atoms with Crippen molar-refractivity contribution in [3.05, 3.63) is 53.0 Å². The van der Waals surface area contributed by atoms with Gasteiger partial charge in [-0.2, -0.15) is 4.39 Å². The summed E-state index contributed by atoms with van der Waals surface area (Å²) < 4.78 is 14.2. The van der Waals surface area contributed by atoms with E-state index < -0.39 is 5.95 Å². The van der Waals surface area contributed by atoms with Crippen LogP contribution in [0.15, 0.2) is 47.1 Å². The minimum atomic E-state index is -0.435. The Labute approximate surface area is 89.7 Å². The number of halogens is 2. The van der Waals surface area contributed by atoms with Crippen molar-refractivity contribution < 1.29 is 4.39 Å². The first-order chi connectivity index (χ1) is 6.77. The van der Waals surface area contributed by atoms with Crippen molar-refractivity contribution in [3.8, 4) is 11.1 Å². The van der Waals surface area contributed by atoms with Crippen molar-refractivity contribution in [2.75, 3.05) is 0 Å². The summed E-state index contributed by atoms with van der Waals surface area (Å²) in [6.07, 6.45) is 1.44. The van der Waals surface area contributed by atoms with Gasteiger partial charge in [0.15, 0.2) is 0 Å². The Morgan fingerprint density at radius 1 is 1.07 bits per heavy atom. The fourth-order valence-corrected chi connectivity index (χ4v) is 1.50. The van der Waals surface area contributed by atoms with Crippen molar-refractivity contribution in [2.24, 2.45) is 0 Å². The van der Waals surface area contributed by atoms with E-state index in [0.717, 1.165) is 10.0 Å². The highest BCUT2D eigenvalue weighted by atomic mass is 79.9. The van der Waals surface area contributed by atoms with Crippen LogP contribution in [0.3, 0.4) is 0 Å². The second kappa shape index (κ2) is 3.88. The standard InChI is InChI=1S/C11H7BrFN/c12-9-5-3-8(4-6-9)10-2-1-7-14-11(10)13/h1-7H. The van der Waals surface area contributed by atoms with Crippen molar-refractivity contribution in [2.45, 2.75) is 0 Å². The van der Waals surface area contributed by atoms with Crippen molar-refractivity contribution in [1.29, 1.82) is 0 Å². The lowest BCUT2D eigenvalue weighted by Gasteiger charge is -2.01. The molecule has 2 rings (SSSR count). The highest BCUT2D eigenvalue weighted by Gasteiger charge is 2.03. The smallest absolute Gasteiger partial charge is 0.220 e. The average molecular weight is 252 g/mol. The second-order valence-corrected chi connectivity index (χ2v) is 3.76. The molecule has 14 heavy (non-hydrogen) atoms. The van der Waals surface area contributed by atoms with Crippen molar-refractivity contribution in [1.82, 2.24) is 4.98 Å². The summed E-state index contributed by atoms with van der Waals surface area (Å²) in [7, 11) is 0. The minimum Gasteiger partial charge on any atom is -0.228 e. The van der Waals surface area contributed by atoms with E-state index in [1.54, 1.807) is 12.1 Å². The van der Waals surface area contributed by atoms with Gasteiger partial charge >= 0.3 is 0 Å². The van der Waals surface area contributed by atoms with Crippen LogP contribution < -0.4 is 0 Å². The maximum atomic E-state index is 13.3. The molecule has 0 N–H and O–H groups in total. The molecule has 0 spiro atoms. The Kier molecular flexibility index (Phi) is 2.59. The maximum Gasteiger partial charge on any atom is 0.220 e. The molecule has 1 nitrogen and oxygen atoms in total. The van der Waals surface area contributed by atoms with Crippen LogP contribution in [0, 0.1) is 5.95 Å². The molecule has 0 aliphatic rings. The fourth-order valence-electron chi connectivity index (χ4n) is 1.23. The van der Waals surface area contributed by atoms with Crippen LogP contribution in [0.1, 0.15) is 0 Å². The molecule has 3 heteroatoms. The first-order valence-corrected chi connectivity index (χ1v) is 4.93. The zero-order chi connectivity index (χ0) is 9.97. The SMILES string of the molecule is Fc1ncccc1-c1ccc(Br)cc1. The molecule has 0 fully saturated rings. The molecular formula is C11H7BrFN. The van der Waals surface area contributed by atoms with Gasteiger partial charge in [-0.1, -0.05) is 28.1 Å². The lowest BCUT2D eigenvalue weighted by molar-refractivity contribution is 0.587. The van der Waals surface area contributed by atoms with Gasteiger partial charge in [0.1, 0.15) is 0 Å². The summed E-state index contributed by atoms with van der Waals surface area (Å²) in [5, 5.41) is 0. The van der Waals surface area contributed by atoms with E-state index in [-0.39, 0.29) is 0 Å². The third kappa shape index (κ3) is 1.82. The van der Waals surface area contributed by atoms with Gasteiger partial charge in [0.05, 0.1) is 0 Å². The van der Waals surface area contributed by atoms with Gasteiger partial charge in [-0.15, -0.1) is 0 Å². The summed E-state index contributed by atoms with van der Waals surface area (Å²) in [4.78, 5) is 3.60.